The van der Waals surface area contributed by atoms with Gasteiger partial charge in [-0.05, 0) is 48.7 Å². The van der Waals surface area contributed by atoms with Gasteiger partial charge in [0.2, 0.25) is 15.9 Å². The molecule has 3 aromatic carbocycles. The van der Waals surface area contributed by atoms with E-state index >= 15 is 0 Å². The van der Waals surface area contributed by atoms with E-state index in [9.17, 15) is 17.6 Å². The smallest absolute Gasteiger partial charge is 0.241 e. The van der Waals surface area contributed by atoms with Gasteiger partial charge in [-0.15, -0.1) is 0 Å². The molecule has 30 heavy (non-hydrogen) atoms. The molecule has 0 saturated heterocycles. The number of sulfonamides is 1. The number of carbonyl (C=O) groups excluding carboxylic acids is 1. The van der Waals surface area contributed by atoms with Gasteiger partial charge in [-0.25, -0.2) is 12.8 Å². The highest BCUT2D eigenvalue weighted by Crippen LogP contribution is 2.13. The fourth-order valence-corrected chi connectivity index (χ4v) is 4.12. The number of hydrogen-bond acceptors (Lipinski definition) is 3. The van der Waals surface area contributed by atoms with Crippen LogP contribution < -0.4 is 10.0 Å². The number of rotatable bonds is 8. The van der Waals surface area contributed by atoms with Gasteiger partial charge in [0.25, 0.3) is 0 Å². The average molecular weight is 427 g/mol. The molecular weight excluding hydrogens is 403 g/mol. The standard InChI is InChI=1S/C23H23FN2O3S/c1-17-7-9-19(10-8-17)16-25-23(27)22(15-18-5-3-2-4-6-18)26-30(28,29)21-13-11-20(24)12-14-21/h2-14,22,26H,15-16H2,1H3,(H,25,27)/t22-/m1/s1. The minimum atomic E-state index is -4.01. The first-order valence-corrected chi connectivity index (χ1v) is 11.0. The largest absolute Gasteiger partial charge is 0.351 e. The van der Waals surface area contributed by atoms with E-state index in [1.54, 1.807) is 0 Å². The zero-order valence-corrected chi connectivity index (χ0v) is 17.3. The zero-order valence-electron chi connectivity index (χ0n) is 16.5. The summed E-state index contributed by atoms with van der Waals surface area (Å²) in [6.07, 6.45) is 0.182. The van der Waals surface area contributed by atoms with E-state index in [2.05, 4.69) is 10.0 Å². The van der Waals surface area contributed by atoms with Gasteiger partial charge in [-0.1, -0.05) is 60.2 Å². The van der Waals surface area contributed by atoms with Crippen molar-refractivity contribution in [1.82, 2.24) is 10.0 Å². The van der Waals surface area contributed by atoms with E-state index in [0.29, 0.717) is 0 Å². The second-order valence-corrected chi connectivity index (χ2v) is 8.73. The van der Waals surface area contributed by atoms with Crippen molar-refractivity contribution >= 4 is 15.9 Å². The van der Waals surface area contributed by atoms with Crippen molar-refractivity contribution in [3.63, 3.8) is 0 Å². The zero-order chi connectivity index (χ0) is 21.6. The van der Waals surface area contributed by atoms with E-state index in [4.69, 9.17) is 0 Å². The first-order chi connectivity index (χ1) is 14.3. The number of halogens is 1. The minimum absolute atomic E-state index is 0.103. The SMILES string of the molecule is Cc1ccc(CNC(=O)[C@@H](Cc2ccccc2)NS(=O)(=O)c2ccc(F)cc2)cc1. The van der Waals surface area contributed by atoms with E-state index in [0.717, 1.165) is 28.8 Å². The van der Waals surface area contributed by atoms with Crippen LogP contribution in [0.25, 0.3) is 0 Å². The van der Waals surface area contributed by atoms with Crippen LogP contribution >= 0.6 is 0 Å². The highest BCUT2D eigenvalue weighted by Gasteiger charge is 2.26. The van der Waals surface area contributed by atoms with Crippen LogP contribution in [0.5, 0.6) is 0 Å². The lowest BCUT2D eigenvalue weighted by molar-refractivity contribution is -0.122. The summed E-state index contributed by atoms with van der Waals surface area (Å²) in [6, 6.07) is 20.3. The fourth-order valence-electron chi connectivity index (χ4n) is 2.93. The Kier molecular flexibility index (Phi) is 6.97. The first-order valence-electron chi connectivity index (χ1n) is 9.48. The average Bonchev–Trinajstić information content (AvgIpc) is 2.73. The van der Waals surface area contributed by atoms with Crippen LogP contribution in [0.15, 0.2) is 83.8 Å². The summed E-state index contributed by atoms with van der Waals surface area (Å²) in [6.45, 7) is 2.26. The summed E-state index contributed by atoms with van der Waals surface area (Å²) in [5.41, 5.74) is 2.84. The first kappa shape index (κ1) is 21.7. The summed E-state index contributed by atoms with van der Waals surface area (Å²) >= 11 is 0. The van der Waals surface area contributed by atoms with Crippen molar-refractivity contribution in [2.24, 2.45) is 0 Å². The van der Waals surface area contributed by atoms with Gasteiger partial charge in [-0.2, -0.15) is 4.72 Å². The molecule has 0 aromatic heterocycles. The number of nitrogens with one attached hydrogen (secondary N) is 2. The number of hydrogen-bond donors (Lipinski definition) is 2. The fraction of sp³-hybridized carbons (Fsp3) is 0.174. The van der Waals surface area contributed by atoms with Crippen molar-refractivity contribution < 1.29 is 17.6 Å². The Morgan fingerprint density at radius 3 is 2.17 bits per heavy atom. The summed E-state index contributed by atoms with van der Waals surface area (Å²) < 4.78 is 41.1. The second kappa shape index (κ2) is 9.65. The lowest BCUT2D eigenvalue weighted by Crippen LogP contribution is -2.47. The van der Waals surface area contributed by atoms with Crippen LogP contribution in [0.3, 0.4) is 0 Å². The van der Waals surface area contributed by atoms with Gasteiger partial charge in [0.15, 0.2) is 0 Å². The van der Waals surface area contributed by atoms with Crippen LogP contribution in [0.4, 0.5) is 4.39 Å². The molecule has 0 aliphatic carbocycles. The molecule has 3 rings (SSSR count). The highest BCUT2D eigenvalue weighted by molar-refractivity contribution is 7.89. The van der Waals surface area contributed by atoms with Gasteiger partial charge < -0.3 is 5.32 Å². The molecule has 3 aromatic rings. The molecule has 0 spiro atoms. The van der Waals surface area contributed by atoms with Crippen molar-refractivity contribution in [3.05, 3.63) is 101 Å². The van der Waals surface area contributed by atoms with Gasteiger partial charge in [0.05, 0.1) is 4.90 Å². The molecule has 0 heterocycles. The predicted molar refractivity (Wildman–Crippen MR) is 114 cm³/mol. The van der Waals surface area contributed by atoms with Gasteiger partial charge in [-0.3, -0.25) is 4.79 Å². The maximum absolute atomic E-state index is 13.2. The summed E-state index contributed by atoms with van der Waals surface area (Å²) in [5.74, 6) is -0.976. The number of carbonyl (C=O) groups is 1. The van der Waals surface area contributed by atoms with E-state index < -0.39 is 27.8 Å². The summed E-state index contributed by atoms with van der Waals surface area (Å²) in [7, 11) is -4.01. The number of amides is 1. The topological polar surface area (TPSA) is 75.3 Å². The Bertz CT molecular complexity index is 1080. The molecule has 1 atom stereocenters. The molecule has 0 saturated carbocycles. The van der Waals surface area contributed by atoms with Gasteiger partial charge >= 0.3 is 0 Å². The molecule has 7 heteroatoms. The minimum Gasteiger partial charge on any atom is -0.351 e. The molecule has 1 amide bonds. The van der Waals surface area contributed by atoms with Crippen molar-refractivity contribution in [1.29, 1.82) is 0 Å². The molecular formula is C23H23FN2O3S. The molecule has 0 aliphatic rings. The van der Waals surface area contributed by atoms with Crippen molar-refractivity contribution in [3.8, 4) is 0 Å². The van der Waals surface area contributed by atoms with Crippen molar-refractivity contribution in [2.75, 3.05) is 0 Å². The third-order valence-electron chi connectivity index (χ3n) is 4.61. The van der Waals surface area contributed by atoms with Gasteiger partial charge in [0, 0.05) is 6.54 Å². The quantitative estimate of drug-likeness (QED) is 0.580. The lowest BCUT2D eigenvalue weighted by atomic mass is 10.1. The Labute approximate surface area is 176 Å². The molecule has 0 aliphatic heterocycles. The van der Waals surface area contributed by atoms with Gasteiger partial charge in [0.1, 0.15) is 11.9 Å². The Hall–Kier alpha value is -3.03. The van der Waals surface area contributed by atoms with E-state index in [-0.39, 0.29) is 17.9 Å². The molecule has 5 nitrogen and oxygen atoms in total. The maximum Gasteiger partial charge on any atom is 0.241 e. The summed E-state index contributed by atoms with van der Waals surface area (Å²) in [5, 5.41) is 2.80. The predicted octanol–water partition coefficient (Wildman–Crippen LogP) is 3.34. The summed E-state index contributed by atoms with van der Waals surface area (Å²) in [4.78, 5) is 12.7. The Morgan fingerprint density at radius 2 is 1.53 bits per heavy atom. The maximum atomic E-state index is 13.2. The molecule has 2 N–H and O–H groups in total. The second-order valence-electron chi connectivity index (χ2n) is 7.02. The molecule has 0 unspecified atom stereocenters. The molecule has 0 fully saturated rings. The van der Waals surface area contributed by atoms with Crippen LogP contribution in [0.2, 0.25) is 0 Å². The Balaban J connectivity index is 1.77. The molecule has 0 radical (unpaired) electrons. The van der Waals surface area contributed by atoms with Crippen LogP contribution in [-0.4, -0.2) is 20.4 Å². The monoisotopic (exact) mass is 426 g/mol. The van der Waals surface area contributed by atoms with E-state index in [1.165, 1.54) is 12.1 Å². The normalized spacial score (nSPS) is 12.3. The third-order valence-corrected chi connectivity index (χ3v) is 6.10. The lowest BCUT2D eigenvalue weighted by Gasteiger charge is -2.19. The highest BCUT2D eigenvalue weighted by atomic mass is 32.2. The van der Waals surface area contributed by atoms with Crippen LogP contribution in [0.1, 0.15) is 16.7 Å². The van der Waals surface area contributed by atoms with Crippen LogP contribution in [-0.2, 0) is 27.8 Å². The van der Waals surface area contributed by atoms with E-state index in [1.807, 2.05) is 61.5 Å². The van der Waals surface area contributed by atoms with Crippen LogP contribution in [0, 0.1) is 12.7 Å². The van der Waals surface area contributed by atoms with Crippen molar-refractivity contribution in [2.45, 2.75) is 30.8 Å². The Morgan fingerprint density at radius 1 is 0.900 bits per heavy atom. The third kappa shape index (κ3) is 5.98. The molecule has 0 bridgehead atoms. The molecule has 156 valence electrons. The number of benzene rings is 3. The number of aryl methyl sites for hydroxylation is 1.